The number of amides is 2. The Bertz CT molecular complexity index is 844. The molecule has 0 atom stereocenters. The zero-order valence-corrected chi connectivity index (χ0v) is 15.4. The van der Waals surface area contributed by atoms with Crippen LogP contribution in [0.25, 0.3) is 6.08 Å². The molecule has 0 unspecified atom stereocenters. The van der Waals surface area contributed by atoms with Gasteiger partial charge in [-0.05, 0) is 42.8 Å². The molecule has 2 amide bonds. The number of esters is 1. The Kier molecular flexibility index (Phi) is 7.64. The van der Waals surface area contributed by atoms with Crippen LogP contribution in [0.2, 0.25) is 0 Å². The van der Waals surface area contributed by atoms with Crippen LogP contribution in [0.4, 0.5) is 0 Å². The van der Waals surface area contributed by atoms with E-state index in [9.17, 15) is 14.4 Å². The van der Waals surface area contributed by atoms with Gasteiger partial charge in [0.1, 0.15) is 0 Å². The number of carbonyl (C=O) groups is 3. The second-order valence-electron chi connectivity index (χ2n) is 5.26. The fourth-order valence-corrected chi connectivity index (χ4v) is 2.04. The number of methoxy groups -OCH3 is 1. The Morgan fingerprint density at radius 2 is 1.96 bits per heavy atom. The summed E-state index contributed by atoms with van der Waals surface area (Å²) >= 11 is 0. The number of ether oxygens (including phenoxy) is 3. The third-order valence-electron chi connectivity index (χ3n) is 3.31. The van der Waals surface area contributed by atoms with Crippen molar-refractivity contribution in [3.63, 3.8) is 0 Å². The summed E-state index contributed by atoms with van der Waals surface area (Å²) in [6.45, 7) is 1.80. The Morgan fingerprint density at radius 1 is 1.14 bits per heavy atom. The van der Waals surface area contributed by atoms with E-state index in [2.05, 4.69) is 10.9 Å². The number of hydrazine groups is 1. The van der Waals surface area contributed by atoms with Crippen LogP contribution < -0.4 is 20.3 Å². The van der Waals surface area contributed by atoms with Gasteiger partial charge in [0, 0.05) is 6.08 Å². The van der Waals surface area contributed by atoms with Crippen molar-refractivity contribution in [2.75, 3.05) is 20.3 Å². The highest BCUT2D eigenvalue weighted by Gasteiger charge is 2.10. The summed E-state index contributed by atoms with van der Waals surface area (Å²) in [6, 6.07) is 8.13. The van der Waals surface area contributed by atoms with Gasteiger partial charge in [-0.1, -0.05) is 6.07 Å². The largest absolute Gasteiger partial charge is 0.493 e. The smallest absolute Gasteiger partial charge is 0.331 e. The highest BCUT2D eigenvalue weighted by atomic mass is 16.5. The van der Waals surface area contributed by atoms with Crippen LogP contribution in [-0.2, 0) is 14.3 Å². The molecular formula is C19H20N2O7. The summed E-state index contributed by atoms with van der Waals surface area (Å²) in [5.41, 5.74) is 4.92. The molecular weight excluding hydrogens is 368 g/mol. The molecule has 148 valence electrons. The minimum Gasteiger partial charge on any atom is -0.493 e. The molecule has 1 aromatic heterocycles. The standard InChI is InChI=1S/C19H20N2O7/c1-3-26-14-8-6-13(11-16(14)25-2)7-9-18(23)28-12-17(22)20-21-19(24)15-5-4-10-27-15/h4-11H,3,12H2,1-2H3,(H,20,22)(H,21,24)/b9-7+. The lowest BCUT2D eigenvalue weighted by molar-refractivity contribution is -0.144. The Balaban J connectivity index is 1.78. The highest BCUT2D eigenvalue weighted by Crippen LogP contribution is 2.28. The first-order valence-electron chi connectivity index (χ1n) is 8.31. The van der Waals surface area contributed by atoms with Gasteiger partial charge in [-0.3, -0.25) is 20.4 Å². The quantitative estimate of drug-likeness (QED) is 0.402. The van der Waals surface area contributed by atoms with Gasteiger partial charge in [-0.15, -0.1) is 0 Å². The zero-order valence-electron chi connectivity index (χ0n) is 15.4. The molecule has 2 aromatic rings. The lowest BCUT2D eigenvalue weighted by Gasteiger charge is -2.09. The number of furan rings is 1. The first kappa shape index (κ1) is 20.6. The molecule has 1 aromatic carbocycles. The first-order chi connectivity index (χ1) is 13.5. The molecule has 0 fully saturated rings. The third kappa shape index (κ3) is 6.20. The van der Waals surface area contributed by atoms with Crippen molar-refractivity contribution < 1.29 is 33.0 Å². The van der Waals surface area contributed by atoms with Crippen LogP contribution >= 0.6 is 0 Å². The van der Waals surface area contributed by atoms with Crippen molar-refractivity contribution in [3.8, 4) is 11.5 Å². The summed E-state index contributed by atoms with van der Waals surface area (Å²) < 4.78 is 20.3. The van der Waals surface area contributed by atoms with E-state index in [1.165, 1.54) is 37.7 Å². The normalized spacial score (nSPS) is 10.4. The molecule has 0 spiro atoms. The summed E-state index contributed by atoms with van der Waals surface area (Å²) in [4.78, 5) is 34.9. The zero-order chi connectivity index (χ0) is 20.4. The van der Waals surface area contributed by atoms with Crippen LogP contribution in [0.15, 0.2) is 47.1 Å². The lowest BCUT2D eigenvalue weighted by atomic mass is 10.2. The molecule has 9 heteroatoms. The third-order valence-corrected chi connectivity index (χ3v) is 3.31. The maximum atomic E-state index is 11.7. The molecule has 1 heterocycles. The SMILES string of the molecule is CCOc1ccc(/C=C/C(=O)OCC(=O)NNC(=O)c2ccco2)cc1OC. The van der Waals surface area contributed by atoms with Gasteiger partial charge in [-0.2, -0.15) is 0 Å². The average Bonchev–Trinajstić information content (AvgIpc) is 3.24. The van der Waals surface area contributed by atoms with E-state index in [0.29, 0.717) is 23.7 Å². The molecule has 0 saturated heterocycles. The molecule has 0 saturated carbocycles. The Hall–Kier alpha value is -3.75. The average molecular weight is 388 g/mol. The van der Waals surface area contributed by atoms with Crippen molar-refractivity contribution >= 4 is 23.9 Å². The molecule has 0 aliphatic heterocycles. The Labute approximate surface area is 161 Å². The van der Waals surface area contributed by atoms with E-state index in [1.54, 1.807) is 18.2 Å². The van der Waals surface area contributed by atoms with Crippen LogP contribution in [0.5, 0.6) is 11.5 Å². The molecule has 2 rings (SSSR count). The molecule has 0 radical (unpaired) electrons. The second kappa shape index (κ2) is 10.4. The number of benzene rings is 1. The van der Waals surface area contributed by atoms with E-state index in [-0.39, 0.29) is 5.76 Å². The molecule has 9 nitrogen and oxygen atoms in total. The van der Waals surface area contributed by atoms with Crippen LogP contribution in [0, 0.1) is 0 Å². The van der Waals surface area contributed by atoms with Crippen molar-refractivity contribution in [1.29, 1.82) is 0 Å². The van der Waals surface area contributed by atoms with Crippen LogP contribution in [0.1, 0.15) is 23.0 Å². The van der Waals surface area contributed by atoms with E-state index in [4.69, 9.17) is 18.6 Å². The summed E-state index contributed by atoms with van der Waals surface area (Å²) in [6.07, 6.45) is 4.01. The van der Waals surface area contributed by atoms with Crippen molar-refractivity contribution in [2.24, 2.45) is 0 Å². The Morgan fingerprint density at radius 3 is 2.64 bits per heavy atom. The van der Waals surface area contributed by atoms with E-state index in [0.717, 1.165) is 0 Å². The van der Waals surface area contributed by atoms with E-state index < -0.39 is 24.4 Å². The molecule has 2 N–H and O–H groups in total. The van der Waals surface area contributed by atoms with Gasteiger partial charge in [0.2, 0.25) is 0 Å². The second-order valence-corrected chi connectivity index (χ2v) is 5.26. The van der Waals surface area contributed by atoms with Gasteiger partial charge >= 0.3 is 11.9 Å². The van der Waals surface area contributed by atoms with E-state index >= 15 is 0 Å². The van der Waals surface area contributed by atoms with E-state index in [1.807, 2.05) is 6.92 Å². The number of nitrogens with one attached hydrogen (secondary N) is 2. The predicted molar refractivity (Wildman–Crippen MR) is 98.5 cm³/mol. The van der Waals surface area contributed by atoms with Crippen molar-refractivity contribution in [2.45, 2.75) is 6.92 Å². The van der Waals surface area contributed by atoms with Gasteiger partial charge in [0.25, 0.3) is 5.91 Å². The van der Waals surface area contributed by atoms with Gasteiger partial charge in [0.05, 0.1) is 20.0 Å². The summed E-state index contributed by atoms with van der Waals surface area (Å²) in [5.74, 6) is -0.896. The topological polar surface area (TPSA) is 116 Å². The van der Waals surface area contributed by atoms with Gasteiger partial charge < -0.3 is 18.6 Å². The maximum absolute atomic E-state index is 11.7. The fourth-order valence-electron chi connectivity index (χ4n) is 2.04. The molecule has 0 aliphatic rings. The fraction of sp³-hybridized carbons (Fsp3) is 0.211. The van der Waals surface area contributed by atoms with Crippen LogP contribution in [0.3, 0.4) is 0 Å². The predicted octanol–water partition coefficient (Wildman–Crippen LogP) is 1.70. The molecule has 28 heavy (non-hydrogen) atoms. The van der Waals surface area contributed by atoms with Gasteiger partial charge in [-0.25, -0.2) is 4.79 Å². The van der Waals surface area contributed by atoms with Gasteiger partial charge in [0.15, 0.2) is 23.9 Å². The number of hydrogen-bond donors (Lipinski definition) is 2. The lowest BCUT2D eigenvalue weighted by Crippen LogP contribution is -2.43. The number of carbonyl (C=O) groups excluding carboxylic acids is 3. The minimum atomic E-state index is -0.722. The first-order valence-corrected chi connectivity index (χ1v) is 8.31. The highest BCUT2D eigenvalue weighted by molar-refractivity contribution is 5.93. The van der Waals surface area contributed by atoms with Crippen LogP contribution in [-0.4, -0.2) is 38.1 Å². The van der Waals surface area contributed by atoms with Crippen molar-refractivity contribution in [3.05, 3.63) is 54.0 Å². The minimum absolute atomic E-state index is 0.0333. The number of hydrogen-bond acceptors (Lipinski definition) is 7. The summed E-state index contributed by atoms with van der Waals surface area (Å²) in [7, 11) is 1.52. The van der Waals surface area contributed by atoms with Crippen molar-refractivity contribution in [1.82, 2.24) is 10.9 Å². The summed E-state index contributed by atoms with van der Waals surface area (Å²) in [5, 5.41) is 0. The molecule has 0 aliphatic carbocycles. The number of rotatable bonds is 8. The maximum Gasteiger partial charge on any atom is 0.331 e. The monoisotopic (exact) mass is 388 g/mol. The molecule has 0 bridgehead atoms.